The van der Waals surface area contributed by atoms with E-state index in [1.54, 1.807) is 32.4 Å². The third-order valence-corrected chi connectivity index (χ3v) is 3.78. The van der Waals surface area contributed by atoms with Crippen LogP contribution in [0.25, 0.3) is 0 Å². The highest BCUT2D eigenvalue weighted by molar-refractivity contribution is 14.0. The number of nitrogens with zero attached hydrogens (tertiary/aromatic N) is 1. The molecule has 1 aliphatic rings. The highest BCUT2D eigenvalue weighted by Crippen LogP contribution is 2.12. The second-order valence-electron chi connectivity index (χ2n) is 5.50. The Balaban J connectivity index is 0.00000312. The maximum Gasteiger partial charge on any atom is 0.251 e. The zero-order valence-electron chi connectivity index (χ0n) is 14.7. The van der Waals surface area contributed by atoms with Gasteiger partial charge in [-0.25, -0.2) is 0 Å². The zero-order valence-corrected chi connectivity index (χ0v) is 17.0. The minimum Gasteiger partial charge on any atom is -0.497 e. The Bertz CT molecular complexity index is 563. The van der Waals surface area contributed by atoms with Crippen LogP contribution in [-0.4, -0.2) is 58.4 Å². The van der Waals surface area contributed by atoms with Gasteiger partial charge in [0.2, 0.25) is 0 Å². The number of nitrogens with one attached hydrogen (secondary N) is 3. The molecule has 3 N–H and O–H groups in total. The van der Waals surface area contributed by atoms with Crippen LogP contribution in [0.15, 0.2) is 29.3 Å². The molecule has 1 aromatic rings. The maximum absolute atomic E-state index is 12.1. The molecule has 1 unspecified atom stereocenters. The Morgan fingerprint density at radius 2 is 2.12 bits per heavy atom. The van der Waals surface area contributed by atoms with Crippen LogP contribution in [0.5, 0.6) is 5.75 Å². The number of halogens is 1. The second kappa shape index (κ2) is 11.9. The highest BCUT2D eigenvalue weighted by Gasteiger charge is 2.15. The van der Waals surface area contributed by atoms with Crippen molar-refractivity contribution in [1.82, 2.24) is 16.0 Å². The lowest BCUT2D eigenvalue weighted by atomic mass is 10.2. The summed E-state index contributed by atoms with van der Waals surface area (Å²) in [6.07, 6.45) is 2.46. The molecule has 1 fully saturated rings. The van der Waals surface area contributed by atoms with Crippen LogP contribution in [0.2, 0.25) is 0 Å². The van der Waals surface area contributed by atoms with Crippen molar-refractivity contribution < 1.29 is 14.3 Å². The minimum absolute atomic E-state index is 0. The molecule has 25 heavy (non-hydrogen) atoms. The summed E-state index contributed by atoms with van der Waals surface area (Å²) >= 11 is 0. The van der Waals surface area contributed by atoms with E-state index in [1.165, 1.54) is 0 Å². The van der Waals surface area contributed by atoms with E-state index in [2.05, 4.69) is 20.9 Å². The van der Waals surface area contributed by atoms with Crippen LogP contribution in [0.4, 0.5) is 0 Å². The lowest BCUT2D eigenvalue weighted by molar-refractivity contribution is 0.0954. The molecular weight excluding hydrogens is 435 g/mol. The molecule has 1 amide bonds. The van der Waals surface area contributed by atoms with Gasteiger partial charge in [0, 0.05) is 38.9 Å². The average Bonchev–Trinajstić information content (AvgIpc) is 3.14. The first-order chi connectivity index (χ1) is 11.7. The minimum atomic E-state index is -0.127. The van der Waals surface area contributed by atoms with Crippen LogP contribution in [0, 0.1) is 0 Å². The van der Waals surface area contributed by atoms with Gasteiger partial charge in [-0.3, -0.25) is 9.79 Å². The van der Waals surface area contributed by atoms with Crippen LogP contribution in [0.1, 0.15) is 23.2 Å². The molecule has 7 nitrogen and oxygen atoms in total. The van der Waals surface area contributed by atoms with Crippen molar-refractivity contribution in [1.29, 1.82) is 0 Å². The van der Waals surface area contributed by atoms with E-state index in [0.717, 1.165) is 26.0 Å². The molecule has 8 heteroatoms. The van der Waals surface area contributed by atoms with E-state index in [0.29, 0.717) is 30.4 Å². The van der Waals surface area contributed by atoms with Gasteiger partial charge in [0.25, 0.3) is 5.91 Å². The first-order valence-electron chi connectivity index (χ1n) is 8.21. The number of amides is 1. The van der Waals surface area contributed by atoms with Crippen LogP contribution in [-0.2, 0) is 4.74 Å². The summed E-state index contributed by atoms with van der Waals surface area (Å²) < 4.78 is 10.7. The number of benzene rings is 1. The topological polar surface area (TPSA) is 84.0 Å². The Morgan fingerprint density at radius 3 is 2.80 bits per heavy atom. The monoisotopic (exact) mass is 462 g/mol. The number of methoxy groups -OCH3 is 1. The van der Waals surface area contributed by atoms with E-state index >= 15 is 0 Å². The number of carbonyl (C=O) groups is 1. The van der Waals surface area contributed by atoms with Gasteiger partial charge in [0.05, 0.1) is 13.2 Å². The van der Waals surface area contributed by atoms with Crippen LogP contribution >= 0.6 is 24.0 Å². The van der Waals surface area contributed by atoms with E-state index in [-0.39, 0.29) is 36.0 Å². The Morgan fingerprint density at radius 1 is 1.32 bits per heavy atom. The Hall–Kier alpha value is -1.55. The molecule has 1 heterocycles. The van der Waals surface area contributed by atoms with E-state index in [1.807, 2.05) is 6.07 Å². The molecule has 0 bridgehead atoms. The summed E-state index contributed by atoms with van der Waals surface area (Å²) in [5.41, 5.74) is 0.579. The van der Waals surface area contributed by atoms with Crippen molar-refractivity contribution in [3.63, 3.8) is 0 Å². The van der Waals surface area contributed by atoms with Gasteiger partial charge in [-0.1, -0.05) is 6.07 Å². The van der Waals surface area contributed by atoms with E-state index in [9.17, 15) is 4.79 Å². The fraction of sp³-hybridized carbons (Fsp3) is 0.529. The standard InChI is InChI=1S/C17H26N4O3.HI/c1-18-17(21-12-15-7-4-10-24-15)20-9-8-19-16(22)13-5-3-6-14(11-13)23-2;/h3,5-6,11,15H,4,7-10,12H2,1-2H3,(H,19,22)(H2,18,20,21);1H. The van der Waals surface area contributed by atoms with Crippen LogP contribution < -0.4 is 20.7 Å². The SMILES string of the molecule is CN=C(NCCNC(=O)c1cccc(OC)c1)NCC1CCCO1.I. The van der Waals surface area contributed by atoms with Gasteiger partial charge in [0.15, 0.2) is 5.96 Å². The van der Waals surface area contributed by atoms with Crippen molar-refractivity contribution in [2.24, 2.45) is 4.99 Å². The van der Waals surface area contributed by atoms with Gasteiger partial charge < -0.3 is 25.4 Å². The first-order valence-corrected chi connectivity index (χ1v) is 8.21. The average molecular weight is 462 g/mol. The number of ether oxygens (including phenoxy) is 2. The van der Waals surface area contributed by atoms with Gasteiger partial charge >= 0.3 is 0 Å². The molecule has 0 radical (unpaired) electrons. The van der Waals surface area contributed by atoms with Gasteiger partial charge in [-0.05, 0) is 31.0 Å². The number of rotatable bonds is 7. The van der Waals surface area contributed by atoms with Crippen molar-refractivity contribution in [3.8, 4) is 5.75 Å². The fourth-order valence-corrected chi connectivity index (χ4v) is 2.46. The van der Waals surface area contributed by atoms with Crippen molar-refractivity contribution in [3.05, 3.63) is 29.8 Å². The first kappa shape index (κ1) is 21.5. The molecular formula is C17H27IN4O3. The lowest BCUT2D eigenvalue weighted by Gasteiger charge is -2.15. The summed E-state index contributed by atoms with van der Waals surface area (Å²) in [7, 11) is 3.30. The molecule has 1 atom stereocenters. The second-order valence-corrected chi connectivity index (χ2v) is 5.50. The number of guanidine groups is 1. The normalized spacial score (nSPS) is 16.7. The van der Waals surface area contributed by atoms with E-state index in [4.69, 9.17) is 9.47 Å². The predicted octanol–water partition coefficient (Wildman–Crippen LogP) is 1.39. The van der Waals surface area contributed by atoms with Crippen molar-refractivity contribution in [2.75, 3.05) is 40.4 Å². The third-order valence-electron chi connectivity index (χ3n) is 3.78. The molecule has 1 saturated heterocycles. The van der Waals surface area contributed by atoms with Gasteiger partial charge in [-0.15, -0.1) is 24.0 Å². The molecule has 1 aromatic carbocycles. The van der Waals surface area contributed by atoms with Gasteiger partial charge in [-0.2, -0.15) is 0 Å². The molecule has 0 saturated carbocycles. The third kappa shape index (κ3) is 7.47. The maximum atomic E-state index is 12.1. The summed E-state index contributed by atoms with van der Waals surface area (Å²) in [5.74, 6) is 1.25. The number of hydrogen-bond donors (Lipinski definition) is 3. The zero-order chi connectivity index (χ0) is 17.2. The van der Waals surface area contributed by atoms with Gasteiger partial charge in [0.1, 0.15) is 5.75 Å². The summed E-state index contributed by atoms with van der Waals surface area (Å²) in [5, 5.41) is 9.26. The summed E-state index contributed by atoms with van der Waals surface area (Å²) in [6.45, 7) is 2.67. The molecule has 0 spiro atoms. The smallest absolute Gasteiger partial charge is 0.251 e. The summed E-state index contributed by atoms with van der Waals surface area (Å²) in [6, 6.07) is 7.07. The summed E-state index contributed by atoms with van der Waals surface area (Å²) in [4.78, 5) is 16.2. The molecule has 0 aromatic heterocycles. The van der Waals surface area contributed by atoms with Crippen molar-refractivity contribution >= 4 is 35.8 Å². The van der Waals surface area contributed by atoms with Crippen molar-refractivity contribution in [2.45, 2.75) is 18.9 Å². The molecule has 2 rings (SSSR count). The molecule has 0 aliphatic carbocycles. The Kier molecular flexibility index (Phi) is 10.2. The lowest BCUT2D eigenvalue weighted by Crippen LogP contribution is -2.43. The molecule has 140 valence electrons. The fourth-order valence-electron chi connectivity index (χ4n) is 2.46. The molecule has 1 aliphatic heterocycles. The number of aliphatic imine (C=N–C) groups is 1. The number of hydrogen-bond acceptors (Lipinski definition) is 4. The van der Waals surface area contributed by atoms with E-state index < -0.39 is 0 Å². The Labute approximate surface area is 166 Å². The largest absolute Gasteiger partial charge is 0.497 e. The number of carbonyl (C=O) groups excluding carboxylic acids is 1. The predicted molar refractivity (Wildman–Crippen MR) is 109 cm³/mol. The highest BCUT2D eigenvalue weighted by atomic mass is 127. The van der Waals surface area contributed by atoms with Crippen LogP contribution in [0.3, 0.4) is 0 Å². The quantitative estimate of drug-likeness (QED) is 0.247.